The molecule has 1 heterocycles. The number of rotatable bonds is 5. The molecule has 0 aliphatic heterocycles. The molecule has 22 heavy (non-hydrogen) atoms. The van der Waals surface area contributed by atoms with Gasteiger partial charge in [-0.2, -0.15) is 0 Å². The van der Waals surface area contributed by atoms with Gasteiger partial charge in [0.1, 0.15) is 5.56 Å². The fraction of sp³-hybridized carbons (Fsp3) is 0.294. The first-order chi connectivity index (χ1) is 10.6. The van der Waals surface area contributed by atoms with E-state index in [1.165, 1.54) is 6.07 Å². The lowest BCUT2D eigenvalue weighted by Crippen LogP contribution is -2.36. The molecule has 1 aromatic carbocycles. The molecule has 1 aromatic heterocycles. The van der Waals surface area contributed by atoms with Gasteiger partial charge in [-0.3, -0.25) is 9.59 Å². The quantitative estimate of drug-likeness (QED) is 0.882. The Kier molecular flexibility index (Phi) is 5.12. The van der Waals surface area contributed by atoms with Gasteiger partial charge in [-0.05, 0) is 31.5 Å². The molecule has 0 saturated heterocycles. The topological polar surface area (TPSA) is 71.3 Å². The molecule has 0 bridgehead atoms. The van der Waals surface area contributed by atoms with Gasteiger partial charge < -0.3 is 15.0 Å². The van der Waals surface area contributed by atoms with Crippen molar-refractivity contribution in [3.8, 4) is 0 Å². The van der Waals surface area contributed by atoms with Crippen LogP contribution in [0, 0.1) is 6.92 Å². The van der Waals surface area contributed by atoms with Crippen molar-refractivity contribution in [3.63, 3.8) is 0 Å². The monoisotopic (exact) mass is 300 g/mol. The SMILES string of the molecule is CCn1c(C)ccc(C(=O)N[C@@H](CO)c2ccccc2)c1=O. The Labute approximate surface area is 129 Å². The van der Waals surface area contributed by atoms with Crippen LogP contribution < -0.4 is 10.9 Å². The minimum atomic E-state index is -0.538. The molecule has 0 radical (unpaired) electrons. The molecule has 1 atom stereocenters. The van der Waals surface area contributed by atoms with E-state index in [1.807, 2.05) is 44.2 Å². The van der Waals surface area contributed by atoms with Crippen LogP contribution in [0.2, 0.25) is 0 Å². The number of nitrogens with one attached hydrogen (secondary N) is 1. The summed E-state index contributed by atoms with van der Waals surface area (Å²) in [5.74, 6) is -0.477. The van der Waals surface area contributed by atoms with E-state index in [1.54, 1.807) is 10.6 Å². The summed E-state index contributed by atoms with van der Waals surface area (Å²) in [4.78, 5) is 24.7. The Hall–Kier alpha value is -2.40. The van der Waals surface area contributed by atoms with Gasteiger partial charge in [0.25, 0.3) is 11.5 Å². The fourth-order valence-electron chi connectivity index (χ4n) is 2.39. The zero-order chi connectivity index (χ0) is 16.1. The molecule has 116 valence electrons. The van der Waals surface area contributed by atoms with Crippen molar-refractivity contribution in [2.45, 2.75) is 26.4 Å². The second-order valence-corrected chi connectivity index (χ2v) is 5.06. The average molecular weight is 300 g/mol. The Morgan fingerprint density at radius 1 is 1.23 bits per heavy atom. The van der Waals surface area contributed by atoms with Crippen molar-refractivity contribution < 1.29 is 9.90 Å². The zero-order valence-corrected chi connectivity index (χ0v) is 12.7. The number of hydrogen-bond acceptors (Lipinski definition) is 3. The van der Waals surface area contributed by atoms with E-state index in [2.05, 4.69) is 5.32 Å². The summed E-state index contributed by atoms with van der Waals surface area (Å²) in [6.45, 7) is 3.96. The predicted octanol–water partition coefficient (Wildman–Crippen LogP) is 1.64. The number of carbonyl (C=O) groups excluding carboxylic acids is 1. The van der Waals surface area contributed by atoms with E-state index in [0.29, 0.717) is 6.54 Å². The Morgan fingerprint density at radius 3 is 2.50 bits per heavy atom. The molecule has 0 spiro atoms. The highest BCUT2D eigenvalue weighted by molar-refractivity contribution is 5.94. The van der Waals surface area contributed by atoms with E-state index in [9.17, 15) is 14.7 Å². The van der Waals surface area contributed by atoms with Gasteiger partial charge in [0.15, 0.2) is 0 Å². The summed E-state index contributed by atoms with van der Waals surface area (Å²) >= 11 is 0. The second-order valence-electron chi connectivity index (χ2n) is 5.06. The summed E-state index contributed by atoms with van der Waals surface area (Å²) in [5.41, 5.74) is 1.37. The van der Waals surface area contributed by atoms with E-state index in [-0.39, 0.29) is 17.7 Å². The van der Waals surface area contributed by atoms with E-state index in [4.69, 9.17) is 0 Å². The summed E-state index contributed by atoms with van der Waals surface area (Å²) in [6, 6.07) is 11.9. The van der Waals surface area contributed by atoms with Crippen LogP contribution in [0.4, 0.5) is 0 Å². The lowest BCUT2D eigenvalue weighted by molar-refractivity contribution is 0.0914. The average Bonchev–Trinajstić information content (AvgIpc) is 2.53. The van der Waals surface area contributed by atoms with Crippen molar-refractivity contribution in [1.29, 1.82) is 0 Å². The van der Waals surface area contributed by atoms with Crippen molar-refractivity contribution in [2.75, 3.05) is 6.61 Å². The third kappa shape index (κ3) is 3.26. The van der Waals surface area contributed by atoms with Gasteiger partial charge in [-0.15, -0.1) is 0 Å². The van der Waals surface area contributed by atoms with Gasteiger partial charge in [-0.1, -0.05) is 30.3 Å². The Bertz CT molecular complexity index is 708. The molecular weight excluding hydrogens is 280 g/mol. The molecule has 0 aliphatic carbocycles. The van der Waals surface area contributed by atoms with Crippen molar-refractivity contribution >= 4 is 5.91 Å². The maximum absolute atomic E-state index is 12.4. The number of pyridine rings is 1. The summed E-state index contributed by atoms with van der Waals surface area (Å²) < 4.78 is 1.55. The third-order valence-corrected chi connectivity index (χ3v) is 3.64. The largest absolute Gasteiger partial charge is 0.394 e. The van der Waals surface area contributed by atoms with Gasteiger partial charge in [-0.25, -0.2) is 0 Å². The standard InChI is InChI=1S/C17H20N2O3/c1-3-19-12(2)9-10-14(17(19)22)16(21)18-15(11-20)13-7-5-4-6-8-13/h4-10,15,20H,3,11H2,1-2H3,(H,18,21)/t15-/m0/s1. The van der Waals surface area contributed by atoms with Crippen molar-refractivity contribution in [1.82, 2.24) is 9.88 Å². The number of aliphatic hydroxyl groups excluding tert-OH is 1. The minimum absolute atomic E-state index is 0.0850. The molecule has 0 unspecified atom stereocenters. The van der Waals surface area contributed by atoms with E-state index < -0.39 is 11.9 Å². The molecule has 5 nitrogen and oxygen atoms in total. The fourth-order valence-corrected chi connectivity index (χ4v) is 2.39. The van der Waals surface area contributed by atoms with Crippen LogP contribution in [0.1, 0.15) is 34.6 Å². The summed E-state index contributed by atoms with van der Waals surface area (Å²) in [5, 5.41) is 12.2. The van der Waals surface area contributed by atoms with Crippen molar-refractivity contribution in [3.05, 3.63) is 69.6 Å². The summed E-state index contributed by atoms with van der Waals surface area (Å²) in [7, 11) is 0. The zero-order valence-electron chi connectivity index (χ0n) is 12.7. The minimum Gasteiger partial charge on any atom is -0.394 e. The van der Waals surface area contributed by atoms with Crippen LogP contribution in [0.15, 0.2) is 47.3 Å². The number of hydrogen-bond donors (Lipinski definition) is 2. The van der Waals surface area contributed by atoms with Crippen LogP contribution in [-0.4, -0.2) is 22.2 Å². The van der Waals surface area contributed by atoms with E-state index >= 15 is 0 Å². The second kappa shape index (κ2) is 7.04. The van der Waals surface area contributed by atoms with Crippen LogP contribution in [-0.2, 0) is 6.54 Å². The van der Waals surface area contributed by atoms with Gasteiger partial charge in [0.2, 0.25) is 0 Å². The molecule has 0 aliphatic rings. The first kappa shape index (κ1) is 16.0. The van der Waals surface area contributed by atoms with Crippen LogP contribution in [0.5, 0.6) is 0 Å². The molecule has 2 N–H and O–H groups in total. The lowest BCUT2D eigenvalue weighted by Gasteiger charge is -2.17. The molecule has 1 amide bonds. The number of benzene rings is 1. The molecule has 5 heteroatoms. The highest BCUT2D eigenvalue weighted by Gasteiger charge is 2.18. The Morgan fingerprint density at radius 2 is 1.91 bits per heavy atom. The lowest BCUT2D eigenvalue weighted by atomic mass is 10.1. The van der Waals surface area contributed by atoms with Crippen LogP contribution >= 0.6 is 0 Å². The van der Waals surface area contributed by atoms with Gasteiger partial charge in [0.05, 0.1) is 12.6 Å². The first-order valence-corrected chi connectivity index (χ1v) is 7.25. The number of carbonyl (C=O) groups is 1. The van der Waals surface area contributed by atoms with E-state index in [0.717, 1.165) is 11.3 Å². The summed E-state index contributed by atoms with van der Waals surface area (Å²) in [6.07, 6.45) is 0. The maximum Gasteiger partial charge on any atom is 0.263 e. The molecule has 2 aromatic rings. The molecule has 0 fully saturated rings. The molecule has 2 rings (SSSR count). The smallest absolute Gasteiger partial charge is 0.263 e. The van der Waals surface area contributed by atoms with Crippen LogP contribution in [0.3, 0.4) is 0 Å². The maximum atomic E-state index is 12.4. The molecule has 0 saturated carbocycles. The number of nitrogens with zero attached hydrogens (tertiary/aromatic N) is 1. The number of aryl methyl sites for hydroxylation is 1. The van der Waals surface area contributed by atoms with Gasteiger partial charge in [0, 0.05) is 12.2 Å². The number of aliphatic hydroxyl groups is 1. The first-order valence-electron chi connectivity index (χ1n) is 7.25. The van der Waals surface area contributed by atoms with Crippen molar-refractivity contribution in [2.24, 2.45) is 0 Å². The number of aromatic nitrogens is 1. The highest BCUT2D eigenvalue weighted by Crippen LogP contribution is 2.12. The van der Waals surface area contributed by atoms with Gasteiger partial charge >= 0.3 is 0 Å². The molecular formula is C17H20N2O3. The van der Waals surface area contributed by atoms with Crippen LogP contribution in [0.25, 0.3) is 0 Å². The third-order valence-electron chi connectivity index (χ3n) is 3.64. The Balaban J connectivity index is 2.27. The highest BCUT2D eigenvalue weighted by atomic mass is 16.3. The normalized spacial score (nSPS) is 12.0. The number of amides is 1. The predicted molar refractivity (Wildman–Crippen MR) is 84.8 cm³/mol.